The third-order valence-electron chi connectivity index (χ3n) is 0. The van der Waals surface area contributed by atoms with Gasteiger partial charge in [-0.05, 0) is 0 Å². The predicted molar refractivity (Wildman–Crippen MR) is 25.7 cm³/mol. The average molecular weight is 150 g/mol. The summed E-state index contributed by atoms with van der Waals surface area (Å²) >= 11 is 0. The van der Waals surface area contributed by atoms with Crippen molar-refractivity contribution in [1.82, 2.24) is 0 Å². The second-order valence-corrected chi connectivity index (χ2v) is 2.11. The van der Waals surface area contributed by atoms with Crippen molar-refractivity contribution in [2.24, 2.45) is 0 Å². The molecular formula is C5H12KLiO2. The first-order chi connectivity index (χ1) is 3.00. The van der Waals surface area contributed by atoms with Crippen LogP contribution in [-0.4, -0.2) is 12.7 Å². The van der Waals surface area contributed by atoms with Gasteiger partial charge in [0.15, 0.2) is 0 Å². The van der Waals surface area contributed by atoms with Crippen molar-refractivity contribution >= 4 is 0 Å². The topological polar surface area (TPSA) is 46.1 Å². The Morgan fingerprint density at radius 1 is 1.00 bits per heavy atom. The molecule has 0 aliphatic heterocycles. The summed E-state index contributed by atoms with van der Waals surface area (Å²) in [7, 11) is 0.750. The monoisotopic (exact) mass is 150 g/mol. The molecule has 0 aromatic heterocycles. The summed E-state index contributed by atoms with van der Waals surface area (Å²) in [5.74, 6) is 0. The van der Waals surface area contributed by atoms with Crippen LogP contribution >= 0.6 is 0 Å². The zero-order chi connectivity index (χ0) is 6.50. The second-order valence-electron chi connectivity index (χ2n) is 2.11. The molecule has 0 unspecified atom stereocenters. The molecule has 0 atom stereocenters. The molecule has 0 N–H and O–H groups in total. The maximum atomic E-state index is 10.1. The SMILES string of the molecule is CC(C)(C)[O-].C[O-].[K+].[Li+]. The van der Waals surface area contributed by atoms with Gasteiger partial charge >= 0.3 is 70.2 Å². The molecule has 0 radical (unpaired) electrons. The molecule has 0 heterocycles. The molecule has 0 aliphatic carbocycles. The van der Waals surface area contributed by atoms with Gasteiger partial charge in [0.2, 0.25) is 0 Å². The summed E-state index contributed by atoms with van der Waals surface area (Å²) in [5.41, 5.74) is -0.750. The maximum Gasteiger partial charge on any atom is 1.00 e. The van der Waals surface area contributed by atoms with E-state index in [1.165, 1.54) is 0 Å². The fourth-order valence-corrected chi connectivity index (χ4v) is 0. The van der Waals surface area contributed by atoms with Crippen molar-refractivity contribution in [3.8, 4) is 0 Å². The molecule has 0 rings (SSSR count). The van der Waals surface area contributed by atoms with E-state index < -0.39 is 5.60 Å². The standard InChI is InChI=1S/C4H9O.CH3O.K.Li/c1-4(2,3)5;1-2;;/h1-3H3;1H3;;/q2*-1;2*+1. The van der Waals surface area contributed by atoms with Crippen LogP contribution < -0.4 is 80.5 Å². The van der Waals surface area contributed by atoms with E-state index >= 15 is 0 Å². The Morgan fingerprint density at radius 2 is 1.00 bits per heavy atom. The fourth-order valence-electron chi connectivity index (χ4n) is 0. The summed E-state index contributed by atoms with van der Waals surface area (Å²) < 4.78 is 0. The van der Waals surface area contributed by atoms with Gasteiger partial charge in [0.05, 0.1) is 0 Å². The van der Waals surface area contributed by atoms with Crippen LogP contribution in [-0.2, 0) is 0 Å². The second kappa shape index (κ2) is 12.8. The zero-order valence-electron chi connectivity index (χ0n) is 7.32. The molecule has 0 aliphatic rings. The van der Waals surface area contributed by atoms with Crippen LogP contribution in [0.4, 0.5) is 0 Å². The third-order valence-corrected chi connectivity index (χ3v) is 0. The Kier molecular flexibility index (Phi) is 32.0. The first kappa shape index (κ1) is 22.5. The zero-order valence-corrected chi connectivity index (χ0v) is 10.4. The van der Waals surface area contributed by atoms with E-state index in [1.54, 1.807) is 20.8 Å². The minimum absolute atomic E-state index is 0. The van der Waals surface area contributed by atoms with Gasteiger partial charge in [-0.1, -0.05) is 20.8 Å². The molecule has 0 bridgehead atoms. The number of rotatable bonds is 0. The first-order valence-electron chi connectivity index (χ1n) is 2.11. The Bertz CT molecular complexity index is 30.4. The van der Waals surface area contributed by atoms with Crippen molar-refractivity contribution in [2.45, 2.75) is 26.4 Å². The first-order valence-corrected chi connectivity index (χ1v) is 2.11. The van der Waals surface area contributed by atoms with Crippen LogP contribution in [0, 0.1) is 0 Å². The summed E-state index contributed by atoms with van der Waals surface area (Å²) in [4.78, 5) is 0. The molecule has 0 amide bonds. The van der Waals surface area contributed by atoms with E-state index in [9.17, 15) is 5.11 Å². The number of hydrogen-bond donors (Lipinski definition) is 0. The van der Waals surface area contributed by atoms with Gasteiger partial charge in [0.25, 0.3) is 0 Å². The van der Waals surface area contributed by atoms with Gasteiger partial charge in [0.1, 0.15) is 0 Å². The van der Waals surface area contributed by atoms with Gasteiger partial charge in [-0.2, -0.15) is 7.11 Å². The third kappa shape index (κ3) is 146. The van der Waals surface area contributed by atoms with E-state index in [4.69, 9.17) is 5.11 Å². The van der Waals surface area contributed by atoms with Crippen LogP contribution in [0.15, 0.2) is 0 Å². The van der Waals surface area contributed by atoms with E-state index in [1.807, 2.05) is 0 Å². The Morgan fingerprint density at radius 3 is 1.00 bits per heavy atom. The van der Waals surface area contributed by atoms with Crippen molar-refractivity contribution in [3.05, 3.63) is 0 Å². The molecule has 0 fully saturated rings. The van der Waals surface area contributed by atoms with Crippen LogP contribution in [0.2, 0.25) is 0 Å². The number of hydrogen-bond acceptors (Lipinski definition) is 2. The summed E-state index contributed by atoms with van der Waals surface area (Å²) in [5, 5.41) is 18.4. The smallest absolute Gasteiger partial charge is 0.857 e. The molecule has 9 heavy (non-hydrogen) atoms. The summed E-state index contributed by atoms with van der Waals surface area (Å²) in [6.07, 6.45) is 0. The molecule has 4 heteroatoms. The van der Waals surface area contributed by atoms with Gasteiger partial charge < -0.3 is 10.2 Å². The molecule has 0 aromatic rings. The molecule has 0 aromatic carbocycles. The largest absolute Gasteiger partial charge is 1.00 e. The van der Waals surface area contributed by atoms with Crippen molar-refractivity contribution < 1.29 is 80.5 Å². The van der Waals surface area contributed by atoms with E-state index in [0.717, 1.165) is 7.11 Å². The van der Waals surface area contributed by atoms with Crippen LogP contribution in [0.5, 0.6) is 0 Å². The fraction of sp³-hybridized carbons (Fsp3) is 1.00. The molecule has 0 saturated heterocycles. The van der Waals surface area contributed by atoms with Gasteiger partial charge in [-0.15, -0.1) is 5.60 Å². The molecular weight excluding hydrogens is 138 g/mol. The predicted octanol–water partition coefficient (Wildman–Crippen LogP) is -6.87. The minimum atomic E-state index is -0.750. The summed E-state index contributed by atoms with van der Waals surface area (Å²) in [6, 6.07) is 0. The van der Waals surface area contributed by atoms with E-state index in [2.05, 4.69) is 0 Å². The average Bonchev–Trinajstić information content (AvgIpc) is 1.36. The van der Waals surface area contributed by atoms with Crippen LogP contribution in [0.3, 0.4) is 0 Å². The quantitative estimate of drug-likeness (QED) is 0.322. The van der Waals surface area contributed by atoms with Gasteiger partial charge in [-0.25, -0.2) is 0 Å². The Hall–Kier alpha value is 2.15. The Labute approximate surface area is 112 Å². The molecule has 46 valence electrons. The van der Waals surface area contributed by atoms with Crippen LogP contribution in [0.25, 0.3) is 0 Å². The van der Waals surface area contributed by atoms with E-state index in [0.29, 0.717) is 0 Å². The van der Waals surface area contributed by atoms with Crippen molar-refractivity contribution in [2.75, 3.05) is 7.11 Å². The van der Waals surface area contributed by atoms with Crippen LogP contribution in [0.1, 0.15) is 20.8 Å². The maximum absolute atomic E-state index is 10.1. The molecule has 0 saturated carbocycles. The van der Waals surface area contributed by atoms with E-state index in [-0.39, 0.29) is 70.2 Å². The van der Waals surface area contributed by atoms with Crippen molar-refractivity contribution in [1.29, 1.82) is 0 Å². The normalized spacial score (nSPS) is 7.33. The molecule has 0 spiro atoms. The van der Waals surface area contributed by atoms with Gasteiger partial charge in [0, 0.05) is 0 Å². The Balaban J connectivity index is -0.0000000286. The van der Waals surface area contributed by atoms with Gasteiger partial charge in [-0.3, -0.25) is 0 Å². The minimum Gasteiger partial charge on any atom is -0.857 e. The van der Waals surface area contributed by atoms with Crippen molar-refractivity contribution in [3.63, 3.8) is 0 Å². The summed E-state index contributed by atoms with van der Waals surface area (Å²) in [6.45, 7) is 4.90. The molecule has 2 nitrogen and oxygen atoms in total.